The Morgan fingerprint density at radius 3 is 2.96 bits per heavy atom. The second kappa shape index (κ2) is 7.75. The second-order valence-electron chi connectivity index (χ2n) is 7.63. The lowest BCUT2D eigenvalue weighted by Gasteiger charge is -2.20. The van der Waals surface area contributed by atoms with Crippen molar-refractivity contribution < 1.29 is 14.3 Å². The summed E-state index contributed by atoms with van der Waals surface area (Å²) in [7, 11) is 2.16. The first-order chi connectivity index (χ1) is 13.6. The van der Waals surface area contributed by atoms with Crippen LogP contribution in [-0.4, -0.2) is 52.4 Å². The molecule has 7 nitrogen and oxygen atoms in total. The maximum Gasteiger partial charge on any atom is 0.251 e. The maximum atomic E-state index is 12.4. The Bertz CT molecular complexity index is 905. The monoisotopic (exact) mass is 382 g/mol. The maximum absolute atomic E-state index is 12.4. The zero-order valence-corrected chi connectivity index (χ0v) is 16.2. The number of nitrogens with zero attached hydrogens (tertiary/aromatic N) is 3. The number of nitrogens with two attached hydrogens (primary N) is 1. The molecule has 1 atom stereocenters. The van der Waals surface area contributed by atoms with E-state index in [2.05, 4.69) is 16.9 Å². The smallest absolute Gasteiger partial charge is 0.251 e. The van der Waals surface area contributed by atoms with Gasteiger partial charge in [0.25, 0.3) is 5.91 Å². The van der Waals surface area contributed by atoms with Crippen LogP contribution in [0.25, 0.3) is 5.69 Å². The van der Waals surface area contributed by atoms with E-state index in [0.29, 0.717) is 30.4 Å². The fourth-order valence-corrected chi connectivity index (χ4v) is 4.37. The molecule has 0 spiro atoms. The van der Waals surface area contributed by atoms with Gasteiger partial charge in [-0.15, -0.1) is 0 Å². The van der Waals surface area contributed by atoms with Crippen molar-refractivity contribution in [1.82, 2.24) is 14.5 Å². The summed E-state index contributed by atoms with van der Waals surface area (Å²) in [6, 6.07) is 2.39. The van der Waals surface area contributed by atoms with Gasteiger partial charge in [-0.2, -0.15) is 0 Å². The van der Waals surface area contributed by atoms with Crippen LogP contribution in [0.2, 0.25) is 0 Å². The minimum Gasteiger partial charge on any atom is -0.491 e. The van der Waals surface area contributed by atoms with E-state index in [9.17, 15) is 9.59 Å². The van der Waals surface area contributed by atoms with E-state index in [4.69, 9.17) is 10.5 Å². The number of carbonyl (C=O) groups excluding carboxylic acids is 2. The molecule has 7 heteroatoms. The van der Waals surface area contributed by atoms with Gasteiger partial charge in [0.05, 0.1) is 23.9 Å². The van der Waals surface area contributed by atoms with Crippen molar-refractivity contribution in [2.24, 2.45) is 5.73 Å². The zero-order chi connectivity index (χ0) is 19.7. The Morgan fingerprint density at radius 1 is 1.36 bits per heavy atom. The number of amides is 1. The number of fused-ring (bicyclic) bond motifs is 1. The molecule has 0 bridgehead atoms. The van der Waals surface area contributed by atoms with Crippen LogP contribution in [0.4, 0.5) is 0 Å². The largest absolute Gasteiger partial charge is 0.491 e. The van der Waals surface area contributed by atoms with Crippen molar-refractivity contribution in [3.05, 3.63) is 41.5 Å². The molecule has 1 fully saturated rings. The quantitative estimate of drug-likeness (QED) is 0.828. The van der Waals surface area contributed by atoms with Crippen molar-refractivity contribution in [1.29, 1.82) is 0 Å². The van der Waals surface area contributed by atoms with Gasteiger partial charge < -0.3 is 19.9 Å². The van der Waals surface area contributed by atoms with E-state index in [-0.39, 0.29) is 11.3 Å². The Hall–Kier alpha value is -2.67. The first kappa shape index (κ1) is 18.7. The van der Waals surface area contributed by atoms with Gasteiger partial charge in [-0.1, -0.05) is 0 Å². The summed E-state index contributed by atoms with van der Waals surface area (Å²) >= 11 is 0. The van der Waals surface area contributed by atoms with E-state index < -0.39 is 5.91 Å². The lowest BCUT2D eigenvalue weighted by Crippen LogP contribution is -2.26. The normalized spacial score (nSPS) is 19.6. The lowest BCUT2D eigenvalue weighted by molar-refractivity contribution is 0.0950. The summed E-state index contributed by atoms with van der Waals surface area (Å²) in [6.07, 6.45) is 10.4. The number of likely N-dealkylation sites (tertiary alicyclic amines) is 1. The molecule has 2 aromatic rings. The standard InChI is InChI=1S/C21H26N4O3/c1-24-10-3-4-14(24)8-11-28-19-7-9-23-12-17(19)25-13-15(21(22)27)20-16(25)5-2-6-18(20)26/h7,9,12-14H,2-6,8,10-11H2,1H3,(H2,22,27). The van der Waals surface area contributed by atoms with Crippen LogP contribution < -0.4 is 10.5 Å². The van der Waals surface area contributed by atoms with Gasteiger partial charge in [0.15, 0.2) is 5.78 Å². The first-order valence-corrected chi connectivity index (χ1v) is 9.91. The number of hydrogen-bond acceptors (Lipinski definition) is 5. The van der Waals surface area contributed by atoms with Crippen molar-refractivity contribution in [3.63, 3.8) is 0 Å². The number of primary amides is 1. The van der Waals surface area contributed by atoms with E-state index in [1.165, 1.54) is 12.8 Å². The summed E-state index contributed by atoms with van der Waals surface area (Å²) in [4.78, 5) is 30.9. The van der Waals surface area contributed by atoms with Crippen molar-refractivity contribution in [2.75, 3.05) is 20.2 Å². The predicted molar refractivity (Wildman–Crippen MR) is 105 cm³/mol. The SMILES string of the molecule is CN1CCCC1CCOc1ccncc1-n1cc(C(N)=O)c2c1CCCC2=O. The van der Waals surface area contributed by atoms with Crippen molar-refractivity contribution >= 4 is 11.7 Å². The van der Waals surface area contributed by atoms with Crippen LogP contribution in [-0.2, 0) is 6.42 Å². The predicted octanol–water partition coefficient (Wildman–Crippen LogP) is 2.35. The number of Topliss-reactive ketones (excluding diaryl/α,β-unsaturated/α-hetero) is 1. The van der Waals surface area contributed by atoms with Gasteiger partial charge in [0, 0.05) is 36.6 Å². The molecular formula is C21H26N4O3. The third-order valence-electron chi connectivity index (χ3n) is 5.87. The third-order valence-corrected chi connectivity index (χ3v) is 5.87. The van der Waals surface area contributed by atoms with Crippen LogP contribution in [0.5, 0.6) is 5.75 Å². The molecule has 1 aliphatic carbocycles. The minimum atomic E-state index is -0.583. The molecule has 3 heterocycles. The summed E-state index contributed by atoms with van der Waals surface area (Å²) in [5.74, 6) is 0.0906. The molecule has 0 aromatic carbocycles. The van der Waals surface area contributed by atoms with Crippen molar-refractivity contribution in [2.45, 2.75) is 44.6 Å². The number of aromatic nitrogens is 2. The Kier molecular flexibility index (Phi) is 5.17. The summed E-state index contributed by atoms with van der Waals surface area (Å²) in [5, 5.41) is 0. The van der Waals surface area contributed by atoms with E-state index >= 15 is 0 Å². The van der Waals surface area contributed by atoms with Gasteiger partial charge in [-0.3, -0.25) is 14.6 Å². The fraction of sp³-hybridized carbons (Fsp3) is 0.476. The second-order valence-corrected chi connectivity index (χ2v) is 7.63. The molecular weight excluding hydrogens is 356 g/mol. The molecule has 1 amide bonds. The summed E-state index contributed by atoms with van der Waals surface area (Å²) in [5.41, 5.74) is 7.83. The Balaban J connectivity index is 1.62. The molecule has 2 N–H and O–H groups in total. The highest BCUT2D eigenvalue weighted by atomic mass is 16.5. The molecule has 0 radical (unpaired) electrons. The minimum absolute atomic E-state index is 0.0237. The molecule has 2 aromatic heterocycles. The van der Waals surface area contributed by atoms with Crippen LogP contribution in [0.1, 0.15) is 58.5 Å². The number of pyridine rings is 1. The van der Waals surface area contributed by atoms with Crippen molar-refractivity contribution in [3.8, 4) is 11.4 Å². The fourth-order valence-electron chi connectivity index (χ4n) is 4.37. The highest BCUT2D eigenvalue weighted by Crippen LogP contribution is 2.32. The summed E-state index contributed by atoms with van der Waals surface area (Å²) in [6.45, 7) is 1.75. The van der Waals surface area contributed by atoms with Gasteiger partial charge in [-0.25, -0.2) is 0 Å². The molecule has 4 rings (SSSR count). The summed E-state index contributed by atoms with van der Waals surface area (Å²) < 4.78 is 7.96. The average molecular weight is 382 g/mol. The number of rotatable bonds is 6. The number of hydrogen-bond donors (Lipinski definition) is 1. The van der Waals surface area contributed by atoms with Crippen LogP contribution in [0.3, 0.4) is 0 Å². The molecule has 1 saturated heterocycles. The number of ether oxygens (including phenoxy) is 1. The highest BCUT2D eigenvalue weighted by molar-refractivity contribution is 6.09. The van der Waals surface area contributed by atoms with E-state index in [1.54, 1.807) is 18.6 Å². The topological polar surface area (TPSA) is 90.4 Å². The Labute approximate surface area is 164 Å². The molecule has 1 unspecified atom stereocenters. The molecule has 148 valence electrons. The third kappa shape index (κ3) is 3.42. The highest BCUT2D eigenvalue weighted by Gasteiger charge is 2.29. The zero-order valence-electron chi connectivity index (χ0n) is 16.2. The van der Waals surface area contributed by atoms with Crippen LogP contribution >= 0.6 is 0 Å². The van der Waals surface area contributed by atoms with E-state index in [0.717, 1.165) is 37.2 Å². The number of ketones is 1. The molecule has 1 aliphatic heterocycles. The molecule has 2 aliphatic rings. The average Bonchev–Trinajstić information content (AvgIpc) is 3.27. The molecule has 28 heavy (non-hydrogen) atoms. The van der Waals surface area contributed by atoms with Crippen LogP contribution in [0, 0.1) is 0 Å². The Morgan fingerprint density at radius 2 is 2.21 bits per heavy atom. The van der Waals surface area contributed by atoms with Gasteiger partial charge in [0.2, 0.25) is 0 Å². The van der Waals surface area contributed by atoms with Gasteiger partial charge >= 0.3 is 0 Å². The van der Waals surface area contributed by atoms with Gasteiger partial charge in [-0.05, 0) is 45.7 Å². The van der Waals surface area contributed by atoms with Gasteiger partial charge in [0.1, 0.15) is 11.4 Å². The first-order valence-electron chi connectivity index (χ1n) is 9.91. The van der Waals surface area contributed by atoms with E-state index in [1.807, 2.05) is 10.6 Å². The number of carbonyl (C=O) groups is 2. The lowest BCUT2D eigenvalue weighted by atomic mass is 9.93. The molecule has 0 saturated carbocycles. The van der Waals surface area contributed by atoms with Crippen LogP contribution in [0.15, 0.2) is 24.7 Å².